The molecule has 7 nitrogen and oxygen atoms in total. The topological polar surface area (TPSA) is 61.6 Å². The van der Waals surface area contributed by atoms with Gasteiger partial charge in [0.05, 0.1) is 0 Å². The van der Waals surface area contributed by atoms with Gasteiger partial charge in [0.25, 0.3) is 0 Å². The molecular weight excluding hydrogens is 477 g/mol. The van der Waals surface area contributed by atoms with E-state index >= 15 is 0 Å². The molecule has 29 heavy (non-hydrogen) atoms. The molecule has 3 heterocycles. The van der Waals surface area contributed by atoms with Crippen molar-refractivity contribution < 1.29 is 0 Å². The van der Waals surface area contributed by atoms with Crippen LogP contribution in [0.25, 0.3) is 0 Å². The molecule has 1 aromatic rings. The van der Waals surface area contributed by atoms with Gasteiger partial charge in [-0.2, -0.15) is 0 Å². The highest BCUT2D eigenvalue weighted by Crippen LogP contribution is 2.36. The third-order valence-corrected chi connectivity index (χ3v) is 7.23. The molecule has 3 atom stereocenters. The fraction of sp³-hybridized carbons (Fsp3) is 0.857. The van der Waals surface area contributed by atoms with E-state index in [4.69, 9.17) is 4.99 Å². The number of aromatic nitrogens is 3. The third-order valence-electron chi connectivity index (χ3n) is 7.23. The quantitative estimate of drug-likeness (QED) is 0.372. The van der Waals surface area contributed by atoms with Crippen LogP contribution in [0.3, 0.4) is 0 Å². The lowest BCUT2D eigenvalue weighted by atomic mass is 9.82. The second kappa shape index (κ2) is 10.4. The van der Waals surface area contributed by atoms with Gasteiger partial charge in [-0.05, 0) is 57.5 Å². The summed E-state index contributed by atoms with van der Waals surface area (Å²) in [6, 6.07) is 0.636. The summed E-state index contributed by atoms with van der Waals surface area (Å²) in [5.74, 6) is 4.67. The Labute approximate surface area is 192 Å². The molecule has 3 aliphatic rings. The number of aryl methyl sites for hydroxylation is 1. The van der Waals surface area contributed by atoms with Gasteiger partial charge >= 0.3 is 0 Å². The van der Waals surface area contributed by atoms with Crippen LogP contribution in [0.1, 0.15) is 57.1 Å². The predicted octanol–water partition coefficient (Wildman–Crippen LogP) is 2.79. The number of guanidine groups is 1. The molecular formula is C21H38IN7. The smallest absolute Gasteiger partial charge is 0.194 e. The van der Waals surface area contributed by atoms with Crippen LogP contribution in [0.2, 0.25) is 0 Å². The molecule has 2 saturated heterocycles. The maximum absolute atomic E-state index is 5.01. The minimum atomic E-state index is 0. The van der Waals surface area contributed by atoms with Crippen LogP contribution in [0.5, 0.6) is 0 Å². The summed E-state index contributed by atoms with van der Waals surface area (Å²) in [5, 5.41) is 12.2. The van der Waals surface area contributed by atoms with E-state index in [1.165, 1.54) is 45.1 Å². The first-order valence-corrected chi connectivity index (χ1v) is 11.3. The first-order valence-electron chi connectivity index (χ1n) is 11.3. The summed E-state index contributed by atoms with van der Waals surface area (Å²) in [4.78, 5) is 10.1. The SMILES string of the molecule is CCN1CCCC1CNC(=NCc1nnc(C)n1C)N1CC2CCCCC2C1.I. The monoisotopic (exact) mass is 515 g/mol. The lowest BCUT2D eigenvalue weighted by Crippen LogP contribution is -2.46. The van der Waals surface area contributed by atoms with E-state index < -0.39 is 0 Å². The van der Waals surface area contributed by atoms with Gasteiger partial charge in [0, 0.05) is 32.7 Å². The molecule has 2 aliphatic heterocycles. The van der Waals surface area contributed by atoms with Gasteiger partial charge in [-0.25, -0.2) is 4.99 Å². The predicted molar refractivity (Wildman–Crippen MR) is 128 cm³/mol. The summed E-state index contributed by atoms with van der Waals surface area (Å²) >= 11 is 0. The molecule has 0 radical (unpaired) electrons. The first-order chi connectivity index (χ1) is 13.7. The van der Waals surface area contributed by atoms with Crippen LogP contribution in [0.15, 0.2) is 4.99 Å². The highest BCUT2D eigenvalue weighted by molar-refractivity contribution is 14.0. The Morgan fingerprint density at radius 2 is 1.83 bits per heavy atom. The minimum absolute atomic E-state index is 0. The Kier molecular flexibility index (Phi) is 8.18. The molecule has 0 amide bonds. The number of hydrogen-bond acceptors (Lipinski definition) is 4. The lowest BCUT2D eigenvalue weighted by molar-refractivity contribution is 0.265. The summed E-state index contributed by atoms with van der Waals surface area (Å²) in [6.45, 7) is 10.6. The average molecular weight is 515 g/mol. The lowest BCUT2D eigenvalue weighted by Gasteiger charge is -2.27. The van der Waals surface area contributed by atoms with Crippen molar-refractivity contribution in [3.8, 4) is 0 Å². The molecule has 3 unspecified atom stereocenters. The molecule has 3 fully saturated rings. The second-order valence-electron chi connectivity index (χ2n) is 8.88. The van der Waals surface area contributed by atoms with Gasteiger partial charge in [0.2, 0.25) is 0 Å². The van der Waals surface area contributed by atoms with Crippen LogP contribution in [-0.4, -0.2) is 69.3 Å². The molecule has 0 aromatic carbocycles. The fourth-order valence-corrected chi connectivity index (χ4v) is 5.33. The average Bonchev–Trinajstić information content (AvgIpc) is 3.42. The molecule has 0 bridgehead atoms. The van der Waals surface area contributed by atoms with Crippen molar-refractivity contribution in [2.75, 3.05) is 32.7 Å². The first kappa shape index (κ1) is 22.8. The maximum Gasteiger partial charge on any atom is 0.194 e. The van der Waals surface area contributed by atoms with Crippen molar-refractivity contribution in [3.63, 3.8) is 0 Å². The van der Waals surface area contributed by atoms with Crippen LogP contribution < -0.4 is 5.32 Å². The van der Waals surface area contributed by atoms with Crippen LogP contribution in [-0.2, 0) is 13.6 Å². The zero-order valence-corrected chi connectivity index (χ0v) is 20.6. The normalized spacial score (nSPS) is 27.8. The summed E-state index contributed by atoms with van der Waals surface area (Å²) in [6.07, 6.45) is 8.20. The van der Waals surface area contributed by atoms with Crippen LogP contribution >= 0.6 is 24.0 Å². The largest absolute Gasteiger partial charge is 0.355 e. The zero-order valence-electron chi connectivity index (χ0n) is 18.3. The van der Waals surface area contributed by atoms with Crippen LogP contribution in [0, 0.1) is 18.8 Å². The number of aliphatic imine (C=N–C) groups is 1. The number of likely N-dealkylation sites (tertiary alicyclic amines) is 2. The Morgan fingerprint density at radius 3 is 2.45 bits per heavy atom. The van der Waals surface area contributed by atoms with E-state index in [9.17, 15) is 0 Å². The standard InChI is InChI=1S/C21H37N7.HI/c1-4-27-11-7-10-19(27)12-22-21(23-13-20-25-24-16(2)26(20)3)28-14-17-8-5-6-9-18(17)15-28;/h17-19H,4-15H2,1-3H3,(H,22,23);1H. The van der Waals surface area contributed by atoms with Gasteiger partial charge in [-0.1, -0.05) is 19.8 Å². The molecule has 1 N–H and O–H groups in total. The number of halogens is 1. The second-order valence-corrected chi connectivity index (χ2v) is 8.88. The van der Waals surface area contributed by atoms with Crippen molar-refractivity contribution in [3.05, 3.63) is 11.6 Å². The number of nitrogens with one attached hydrogen (secondary N) is 1. The number of nitrogens with zero attached hydrogens (tertiary/aromatic N) is 6. The van der Waals surface area contributed by atoms with E-state index in [1.54, 1.807) is 0 Å². The molecule has 164 valence electrons. The minimum Gasteiger partial charge on any atom is -0.355 e. The van der Waals surface area contributed by atoms with Crippen LogP contribution in [0.4, 0.5) is 0 Å². The van der Waals surface area contributed by atoms with Crippen molar-refractivity contribution in [1.82, 2.24) is 29.9 Å². The Bertz CT molecular complexity index is 675. The molecule has 8 heteroatoms. The number of hydrogen-bond donors (Lipinski definition) is 1. The Morgan fingerprint density at radius 1 is 1.10 bits per heavy atom. The Hall–Kier alpha value is -0.900. The van der Waals surface area contributed by atoms with E-state index in [0.29, 0.717) is 12.6 Å². The van der Waals surface area contributed by atoms with Crippen molar-refractivity contribution >= 4 is 29.9 Å². The molecule has 1 saturated carbocycles. The van der Waals surface area contributed by atoms with Crippen molar-refractivity contribution in [1.29, 1.82) is 0 Å². The van der Waals surface area contributed by atoms with E-state index in [2.05, 4.69) is 32.2 Å². The number of rotatable bonds is 5. The van der Waals surface area contributed by atoms with Gasteiger partial charge < -0.3 is 14.8 Å². The van der Waals surface area contributed by atoms with Gasteiger partial charge in [0.15, 0.2) is 11.8 Å². The fourth-order valence-electron chi connectivity index (χ4n) is 5.33. The summed E-state index contributed by atoms with van der Waals surface area (Å²) in [5.41, 5.74) is 0. The Balaban J connectivity index is 0.00000240. The molecule has 1 aliphatic carbocycles. The molecule has 4 rings (SSSR count). The van der Waals surface area contributed by atoms with E-state index in [-0.39, 0.29) is 24.0 Å². The third kappa shape index (κ3) is 5.24. The highest BCUT2D eigenvalue weighted by Gasteiger charge is 2.36. The van der Waals surface area contributed by atoms with Gasteiger partial charge in [0.1, 0.15) is 12.4 Å². The maximum atomic E-state index is 5.01. The zero-order chi connectivity index (χ0) is 19.5. The number of likely N-dealkylation sites (N-methyl/N-ethyl adjacent to an activating group) is 1. The van der Waals surface area contributed by atoms with Gasteiger partial charge in [-0.3, -0.25) is 4.90 Å². The van der Waals surface area contributed by atoms with E-state index in [0.717, 1.165) is 55.6 Å². The summed E-state index contributed by atoms with van der Waals surface area (Å²) < 4.78 is 2.04. The summed E-state index contributed by atoms with van der Waals surface area (Å²) in [7, 11) is 2.02. The van der Waals surface area contributed by atoms with E-state index in [1.807, 2.05) is 18.5 Å². The van der Waals surface area contributed by atoms with Crippen molar-refractivity contribution in [2.24, 2.45) is 23.9 Å². The number of fused-ring (bicyclic) bond motifs is 1. The molecule has 0 spiro atoms. The molecule has 1 aromatic heterocycles. The van der Waals surface area contributed by atoms with Crippen molar-refractivity contribution in [2.45, 2.75) is 65.0 Å². The van der Waals surface area contributed by atoms with Gasteiger partial charge in [-0.15, -0.1) is 34.2 Å². The highest BCUT2D eigenvalue weighted by atomic mass is 127.